The second-order valence-electron chi connectivity index (χ2n) is 6.27. The Labute approximate surface area is 124 Å². The SMILES string of the molecule is Nc1c(CN2CCCC2)c(=O)[nH]c(=O)n1C1CCCCC1. The highest BCUT2D eigenvalue weighted by atomic mass is 16.2. The number of nitrogens with zero attached hydrogens (tertiary/aromatic N) is 2. The first-order valence-electron chi connectivity index (χ1n) is 8.02. The Morgan fingerprint density at radius 1 is 1.05 bits per heavy atom. The van der Waals surface area contributed by atoms with Crippen LogP contribution in [-0.2, 0) is 6.54 Å². The molecule has 0 aromatic carbocycles. The Hall–Kier alpha value is -1.56. The molecule has 1 aliphatic heterocycles. The lowest BCUT2D eigenvalue weighted by Crippen LogP contribution is -2.38. The average Bonchev–Trinajstić information content (AvgIpc) is 2.97. The molecule has 0 radical (unpaired) electrons. The molecule has 116 valence electrons. The van der Waals surface area contributed by atoms with Gasteiger partial charge >= 0.3 is 5.69 Å². The third-order valence-electron chi connectivity index (χ3n) is 4.80. The summed E-state index contributed by atoms with van der Waals surface area (Å²) in [4.78, 5) is 29.0. The first-order chi connectivity index (χ1) is 10.2. The van der Waals surface area contributed by atoms with Crippen molar-refractivity contribution in [1.82, 2.24) is 14.5 Å². The molecule has 0 atom stereocenters. The molecular formula is C15H24N4O2. The minimum atomic E-state index is -0.352. The zero-order chi connectivity index (χ0) is 14.8. The highest BCUT2D eigenvalue weighted by Gasteiger charge is 2.23. The summed E-state index contributed by atoms with van der Waals surface area (Å²) >= 11 is 0. The molecule has 2 aliphatic rings. The molecule has 21 heavy (non-hydrogen) atoms. The largest absolute Gasteiger partial charge is 0.385 e. The van der Waals surface area contributed by atoms with Gasteiger partial charge in [0.2, 0.25) is 0 Å². The number of H-pyrrole nitrogens is 1. The van der Waals surface area contributed by atoms with Gasteiger partial charge in [-0.3, -0.25) is 19.2 Å². The highest BCUT2D eigenvalue weighted by molar-refractivity contribution is 5.39. The summed E-state index contributed by atoms with van der Waals surface area (Å²) in [7, 11) is 0. The smallest absolute Gasteiger partial charge is 0.330 e. The number of hydrogen-bond donors (Lipinski definition) is 2. The van der Waals surface area contributed by atoms with Gasteiger partial charge in [-0.15, -0.1) is 0 Å². The van der Waals surface area contributed by atoms with Crippen LogP contribution in [0.2, 0.25) is 0 Å². The Morgan fingerprint density at radius 3 is 2.38 bits per heavy atom. The van der Waals surface area contributed by atoms with Crippen LogP contribution in [0.1, 0.15) is 56.6 Å². The number of nitrogens with one attached hydrogen (secondary N) is 1. The summed E-state index contributed by atoms with van der Waals surface area (Å²) in [5.74, 6) is 0.377. The van der Waals surface area contributed by atoms with Gasteiger partial charge in [0, 0.05) is 12.6 Å². The fraction of sp³-hybridized carbons (Fsp3) is 0.733. The van der Waals surface area contributed by atoms with E-state index in [1.165, 1.54) is 19.3 Å². The Kier molecular flexibility index (Phi) is 4.14. The lowest BCUT2D eigenvalue weighted by atomic mass is 9.95. The van der Waals surface area contributed by atoms with Gasteiger partial charge in [0.25, 0.3) is 5.56 Å². The summed E-state index contributed by atoms with van der Waals surface area (Å²) in [6.45, 7) is 2.55. The lowest BCUT2D eigenvalue weighted by Gasteiger charge is -2.26. The normalized spacial score (nSPS) is 21.0. The second kappa shape index (κ2) is 6.05. The summed E-state index contributed by atoms with van der Waals surface area (Å²) < 4.78 is 1.63. The molecule has 1 saturated carbocycles. The van der Waals surface area contributed by atoms with E-state index < -0.39 is 0 Å². The molecule has 6 heteroatoms. The first-order valence-corrected chi connectivity index (χ1v) is 8.02. The van der Waals surface area contributed by atoms with E-state index in [9.17, 15) is 9.59 Å². The van der Waals surface area contributed by atoms with Crippen LogP contribution in [-0.4, -0.2) is 27.5 Å². The standard InChI is InChI=1S/C15H24N4O2/c16-13-12(10-18-8-4-5-9-18)14(20)17-15(21)19(13)11-6-2-1-3-7-11/h11H,1-10,16H2,(H,17,20,21). The van der Waals surface area contributed by atoms with Crippen molar-refractivity contribution in [2.45, 2.75) is 57.5 Å². The maximum atomic E-state index is 12.2. The highest BCUT2D eigenvalue weighted by Crippen LogP contribution is 2.29. The zero-order valence-electron chi connectivity index (χ0n) is 12.4. The lowest BCUT2D eigenvalue weighted by molar-refractivity contribution is 0.321. The minimum absolute atomic E-state index is 0.139. The zero-order valence-corrected chi connectivity index (χ0v) is 12.4. The van der Waals surface area contributed by atoms with Gasteiger partial charge in [0.15, 0.2) is 0 Å². The van der Waals surface area contributed by atoms with Crippen LogP contribution in [0.4, 0.5) is 5.82 Å². The van der Waals surface area contributed by atoms with E-state index in [-0.39, 0.29) is 17.3 Å². The summed E-state index contributed by atoms with van der Waals surface area (Å²) in [5.41, 5.74) is 6.09. The molecule has 2 fully saturated rings. The maximum absolute atomic E-state index is 12.2. The predicted octanol–water partition coefficient (Wildman–Crippen LogP) is 1.22. The summed E-state index contributed by atoms with van der Waals surface area (Å²) in [5, 5.41) is 0. The van der Waals surface area contributed by atoms with Crippen molar-refractivity contribution in [1.29, 1.82) is 0 Å². The van der Waals surface area contributed by atoms with E-state index in [1.54, 1.807) is 4.57 Å². The predicted molar refractivity (Wildman–Crippen MR) is 82.4 cm³/mol. The number of hydrogen-bond acceptors (Lipinski definition) is 4. The van der Waals surface area contributed by atoms with Gasteiger partial charge in [-0.05, 0) is 38.8 Å². The van der Waals surface area contributed by atoms with Gasteiger partial charge in [-0.1, -0.05) is 19.3 Å². The van der Waals surface area contributed by atoms with E-state index >= 15 is 0 Å². The second-order valence-corrected chi connectivity index (χ2v) is 6.27. The molecular weight excluding hydrogens is 268 g/mol. The van der Waals surface area contributed by atoms with Crippen LogP contribution in [0.15, 0.2) is 9.59 Å². The number of aromatic amines is 1. The van der Waals surface area contributed by atoms with Crippen molar-refractivity contribution in [2.24, 2.45) is 0 Å². The number of likely N-dealkylation sites (tertiary alicyclic amines) is 1. The van der Waals surface area contributed by atoms with Crippen LogP contribution >= 0.6 is 0 Å². The van der Waals surface area contributed by atoms with Gasteiger partial charge in [-0.25, -0.2) is 4.79 Å². The van der Waals surface area contributed by atoms with Crippen LogP contribution in [0.5, 0.6) is 0 Å². The molecule has 3 rings (SSSR count). The van der Waals surface area contributed by atoms with Crippen molar-refractivity contribution >= 4 is 5.82 Å². The van der Waals surface area contributed by atoms with Gasteiger partial charge in [0.1, 0.15) is 5.82 Å². The third-order valence-corrected chi connectivity index (χ3v) is 4.80. The molecule has 2 heterocycles. The van der Waals surface area contributed by atoms with Crippen LogP contribution in [0, 0.1) is 0 Å². The number of aromatic nitrogens is 2. The van der Waals surface area contributed by atoms with Gasteiger partial charge < -0.3 is 5.73 Å². The fourth-order valence-electron chi connectivity index (χ4n) is 3.62. The van der Waals surface area contributed by atoms with Crippen LogP contribution in [0.3, 0.4) is 0 Å². The van der Waals surface area contributed by atoms with E-state index in [4.69, 9.17) is 5.73 Å². The van der Waals surface area contributed by atoms with Crippen LogP contribution in [0.25, 0.3) is 0 Å². The fourth-order valence-corrected chi connectivity index (χ4v) is 3.62. The first kappa shape index (κ1) is 14.4. The Bertz CT molecular complexity index is 607. The minimum Gasteiger partial charge on any atom is -0.385 e. The van der Waals surface area contributed by atoms with E-state index in [0.29, 0.717) is 17.9 Å². The van der Waals surface area contributed by atoms with E-state index in [1.807, 2.05) is 0 Å². The van der Waals surface area contributed by atoms with Crippen molar-refractivity contribution < 1.29 is 0 Å². The van der Waals surface area contributed by atoms with E-state index in [0.717, 1.165) is 38.8 Å². The molecule has 0 unspecified atom stereocenters. The number of anilines is 1. The number of nitrogen functional groups attached to an aromatic ring is 1. The topological polar surface area (TPSA) is 84.1 Å². The Balaban J connectivity index is 1.95. The molecule has 0 amide bonds. The molecule has 0 spiro atoms. The van der Waals surface area contributed by atoms with Crippen LogP contribution < -0.4 is 17.0 Å². The molecule has 0 bridgehead atoms. The number of nitrogens with two attached hydrogens (primary N) is 1. The molecule has 3 N–H and O–H groups in total. The molecule has 1 saturated heterocycles. The van der Waals surface area contributed by atoms with Gasteiger partial charge in [0.05, 0.1) is 5.56 Å². The molecule has 6 nitrogen and oxygen atoms in total. The molecule has 1 aromatic heterocycles. The summed E-state index contributed by atoms with van der Waals surface area (Å²) in [6.07, 6.45) is 7.74. The van der Waals surface area contributed by atoms with E-state index in [2.05, 4.69) is 9.88 Å². The summed E-state index contributed by atoms with van der Waals surface area (Å²) in [6, 6.07) is 0.139. The van der Waals surface area contributed by atoms with Crippen molar-refractivity contribution in [2.75, 3.05) is 18.8 Å². The van der Waals surface area contributed by atoms with Crippen molar-refractivity contribution in [3.05, 3.63) is 26.4 Å². The quantitative estimate of drug-likeness (QED) is 0.877. The Morgan fingerprint density at radius 2 is 1.71 bits per heavy atom. The maximum Gasteiger partial charge on any atom is 0.330 e. The molecule has 1 aliphatic carbocycles. The molecule has 1 aromatic rings. The van der Waals surface area contributed by atoms with Crippen molar-refractivity contribution in [3.8, 4) is 0 Å². The average molecular weight is 292 g/mol. The monoisotopic (exact) mass is 292 g/mol. The third kappa shape index (κ3) is 2.90. The van der Waals surface area contributed by atoms with Crippen molar-refractivity contribution in [3.63, 3.8) is 0 Å². The van der Waals surface area contributed by atoms with Gasteiger partial charge in [-0.2, -0.15) is 0 Å². The number of rotatable bonds is 3.